The summed E-state index contributed by atoms with van der Waals surface area (Å²) in [6.07, 6.45) is 0. The molecule has 0 radical (unpaired) electrons. The Morgan fingerprint density at radius 3 is 3.00 bits per heavy atom. The molecule has 0 heterocycles. The van der Waals surface area contributed by atoms with Gasteiger partial charge in [0, 0.05) is 12.7 Å². The molecule has 14 heavy (non-hydrogen) atoms. The minimum absolute atomic E-state index is 0.136. The first-order valence-electron chi connectivity index (χ1n) is 4.18. The Kier molecular flexibility index (Phi) is 4.56. The molecular weight excluding hydrogens is 180 g/mol. The first-order valence-corrected chi connectivity index (χ1v) is 4.18. The third kappa shape index (κ3) is 3.48. The molecule has 0 saturated heterocycles. The van der Waals surface area contributed by atoms with Crippen LogP contribution < -0.4 is 4.74 Å². The number of rotatable bonds is 3. The van der Waals surface area contributed by atoms with Crippen molar-refractivity contribution in [3.05, 3.63) is 29.8 Å². The van der Waals surface area contributed by atoms with E-state index in [0.29, 0.717) is 5.75 Å². The highest BCUT2D eigenvalue weighted by atomic mass is 16.7. The van der Waals surface area contributed by atoms with Crippen molar-refractivity contribution >= 4 is 0 Å². The van der Waals surface area contributed by atoms with Gasteiger partial charge in [0.2, 0.25) is 0 Å². The van der Waals surface area contributed by atoms with E-state index in [1.54, 1.807) is 13.2 Å². The molecule has 3 nitrogen and oxygen atoms in total. The van der Waals surface area contributed by atoms with Crippen LogP contribution in [0.1, 0.15) is 5.56 Å². The molecule has 0 amide bonds. The average molecular weight is 192 g/mol. The van der Waals surface area contributed by atoms with E-state index in [0.717, 1.165) is 5.56 Å². The maximum Gasteiger partial charge on any atom is 0.188 e. The van der Waals surface area contributed by atoms with Crippen LogP contribution in [0.25, 0.3) is 0 Å². The Balaban J connectivity index is 2.68. The Labute approximate surface area is 83.3 Å². The van der Waals surface area contributed by atoms with Crippen LogP contribution in [0.4, 0.5) is 0 Å². The fourth-order valence-corrected chi connectivity index (χ4v) is 0.932. The quantitative estimate of drug-likeness (QED) is 0.574. The molecule has 0 aromatic heterocycles. The monoisotopic (exact) mass is 192 g/mol. The lowest BCUT2D eigenvalue weighted by atomic mass is 10.2. The van der Waals surface area contributed by atoms with Crippen LogP contribution in [0.15, 0.2) is 24.3 Å². The summed E-state index contributed by atoms with van der Waals surface area (Å²) >= 11 is 0. The largest absolute Gasteiger partial charge is 0.468 e. The summed E-state index contributed by atoms with van der Waals surface area (Å²) in [5, 5.41) is 8.51. The van der Waals surface area contributed by atoms with E-state index >= 15 is 0 Å². The Morgan fingerprint density at radius 2 is 2.29 bits per heavy atom. The van der Waals surface area contributed by atoms with Crippen molar-refractivity contribution in [1.29, 1.82) is 0 Å². The second kappa shape index (κ2) is 6.03. The lowest BCUT2D eigenvalue weighted by Crippen LogP contribution is -1.98. The Bertz CT molecular complexity index is 336. The topological polar surface area (TPSA) is 38.7 Å². The van der Waals surface area contributed by atoms with Crippen LogP contribution in [-0.2, 0) is 4.74 Å². The fourth-order valence-electron chi connectivity index (χ4n) is 0.932. The number of hydrogen-bond acceptors (Lipinski definition) is 3. The van der Waals surface area contributed by atoms with Gasteiger partial charge in [-0.05, 0) is 18.2 Å². The molecule has 1 aromatic rings. The molecule has 0 fully saturated rings. The van der Waals surface area contributed by atoms with E-state index in [4.69, 9.17) is 14.6 Å². The van der Waals surface area contributed by atoms with Gasteiger partial charge in [-0.2, -0.15) is 0 Å². The van der Waals surface area contributed by atoms with E-state index in [1.807, 2.05) is 18.2 Å². The second-order valence-electron chi connectivity index (χ2n) is 2.54. The van der Waals surface area contributed by atoms with Gasteiger partial charge in [-0.1, -0.05) is 17.9 Å². The molecular formula is C11H12O3. The molecule has 0 atom stereocenters. The van der Waals surface area contributed by atoms with Crippen molar-refractivity contribution in [2.45, 2.75) is 0 Å². The van der Waals surface area contributed by atoms with Crippen LogP contribution in [0.2, 0.25) is 0 Å². The van der Waals surface area contributed by atoms with Crippen LogP contribution >= 0.6 is 0 Å². The van der Waals surface area contributed by atoms with E-state index in [1.165, 1.54) is 0 Å². The smallest absolute Gasteiger partial charge is 0.188 e. The van der Waals surface area contributed by atoms with Crippen LogP contribution in [0, 0.1) is 11.8 Å². The number of hydrogen-bond donors (Lipinski definition) is 1. The zero-order valence-electron chi connectivity index (χ0n) is 7.99. The molecule has 0 unspecified atom stereocenters. The maximum atomic E-state index is 8.51. The highest BCUT2D eigenvalue weighted by Gasteiger charge is 1.93. The van der Waals surface area contributed by atoms with Gasteiger partial charge in [0.05, 0.1) is 0 Å². The van der Waals surface area contributed by atoms with Gasteiger partial charge >= 0.3 is 0 Å². The minimum Gasteiger partial charge on any atom is -0.468 e. The summed E-state index contributed by atoms with van der Waals surface area (Å²) in [4.78, 5) is 0. The van der Waals surface area contributed by atoms with Crippen LogP contribution in [-0.4, -0.2) is 25.6 Å². The predicted molar refractivity (Wildman–Crippen MR) is 52.9 cm³/mol. The van der Waals surface area contributed by atoms with Gasteiger partial charge in [-0.15, -0.1) is 0 Å². The molecule has 0 bridgehead atoms. The summed E-state index contributed by atoms with van der Waals surface area (Å²) in [6.45, 7) is 0.0834. The molecule has 3 heteroatoms. The Morgan fingerprint density at radius 1 is 1.43 bits per heavy atom. The highest BCUT2D eigenvalue weighted by Crippen LogP contribution is 2.12. The first kappa shape index (κ1) is 10.6. The molecule has 1 rings (SSSR count). The molecule has 0 spiro atoms. The number of aliphatic hydroxyl groups is 1. The summed E-state index contributed by atoms with van der Waals surface area (Å²) in [5.74, 6) is 6.06. The normalized spacial score (nSPS) is 9.00. The van der Waals surface area contributed by atoms with Crippen LogP contribution in [0.5, 0.6) is 5.75 Å². The highest BCUT2D eigenvalue weighted by molar-refractivity contribution is 5.39. The van der Waals surface area contributed by atoms with Crippen LogP contribution in [0.3, 0.4) is 0 Å². The predicted octanol–water partition coefficient (Wildman–Crippen LogP) is 1.01. The maximum absolute atomic E-state index is 8.51. The summed E-state index contributed by atoms with van der Waals surface area (Å²) < 4.78 is 9.99. The first-order chi connectivity index (χ1) is 6.86. The van der Waals surface area contributed by atoms with Crippen molar-refractivity contribution in [1.82, 2.24) is 0 Å². The SMILES string of the molecule is COCOc1cccc(C#CCO)c1. The summed E-state index contributed by atoms with van der Waals surface area (Å²) in [6, 6.07) is 7.31. The molecule has 1 aromatic carbocycles. The van der Waals surface area contributed by atoms with Crippen molar-refractivity contribution in [3.63, 3.8) is 0 Å². The van der Waals surface area contributed by atoms with Gasteiger partial charge in [0.1, 0.15) is 12.4 Å². The number of ether oxygens (including phenoxy) is 2. The standard InChI is InChI=1S/C11H12O3/c1-13-9-14-11-6-2-4-10(8-11)5-3-7-12/h2,4,6,8,12H,7,9H2,1H3. The molecule has 0 aliphatic heterocycles. The number of methoxy groups -OCH3 is 1. The molecule has 1 N–H and O–H groups in total. The molecule has 0 aliphatic carbocycles. The summed E-state index contributed by atoms with van der Waals surface area (Å²) in [5.41, 5.74) is 0.813. The molecule has 0 aliphatic rings. The minimum atomic E-state index is -0.136. The third-order valence-corrected chi connectivity index (χ3v) is 1.49. The second-order valence-corrected chi connectivity index (χ2v) is 2.54. The van der Waals surface area contributed by atoms with Gasteiger partial charge in [0.25, 0.3) is 0 Å². The number of aliphatic hydroxyl groups excluding tert-OH is 1. The lowest BCUT2D eigenvalue weighted by Gasteiger charge is -2.03. The summed E-state index contributed by atoms with van der Waals surface area (Å²) in [7, 11) is 1.56. The van der Waals surface area contributed by atoms with Gasteiger partial charge < -0.3 is 14.6 Å². The van der Waals surface area contributed by atoms with Crippen molar-refractivity contribution < 1.29 is 14.6 Å². The van der Waals surface area contributed by atoms with E-state index in [-0.39, 0.29) is 13.4 Å². The number of benzene rings is 1. The lowest BCUT2D eigenvalue weighted by molar-refractivity contribution is 0.0511. The van der Waals surface area contributed by atoms with Gasteiger partial charge in [0.15, 0.2) is 6.79 Å². The molecule has 0 saturated carbocycles. The fraction of sp³-hybridized carbons (Fsp3) is 0.273. The van der Waals surface area contributed by atoms with Gasteiger partial charge in [-0.3, -0.25) is 0 Å². The zero-order chi connectivity index (χ0) is 10.2. The van der Waals surface area contributed by atoms with Gasteiger partial charge in [-0.25, -0.2) is 0 Å². The third-order valence-electron chi connectivity index (χ3n) is 1.49. The average Bonchev–Trinajstić information content (AvgIpc) is 2.24. The van der Waals surface area contributed by atoms with E-state index < -0.39 is 0 Å². The van der Waals surface area contributed by atoms with E-state index in [2.05, 4.69) is 11.8 Å². The van der Waals surface area contributed by atoms with Crippen molar-refractivity contribution in [3.8, 4) is 17.6 Å². The zero-order valence-corrected chi connectivity index (χ0v) is 7.99. The Hall–Kier alpha value is -1.50. The van der Waals surface area contributed by atoms with E-state index in [9.17, 15) is 0 Å². The van der Waals surface area contributed by atoms with Crippen molar-refractivity contribution in [2.24, 2.45) is 0 Å². The molecule has 74 valence electrons. The van der Waals surface area contributed by atoms with Crippen molar-refractivity contribution in [2.75, 3.05) is 20.5 Å².